The second kappa shape index (κ2) is 6.09. The van der Waals surface area contributed by atoms with Gasteiger partial charge in [0.05, 0.1) is 12.5 Å². The van der Waals surface area contributed by atoms with Gasteiger partial charge in [0.2, 0.25) is 0 Å². The van der Waals surface area contributed by atoms with E-state index < -0.39 is 0 Å². The molecule has 0 aliphatic heterocycles. The standard InChI is InChI=1S/C17H19N3O/c1-2-12-7-8-14(11-12)16-19-17(21-20-16)15-6-4-3-5-13(15)9-10-18/h3-6,12,14H,2,7-9,11H2,1H3. The van der Waals surface area contributed by atoms with Gasteiger partial charge in [-0.2, -0.15) is 10.2 Å². The summed E-state index contributed by atoms with van der Waals surface area (Å²) in [4.78, 5) is 4.59. The third-order valence-electron chi connectivity index (χ3n) is 4.44. The molecule has 0 N–H and O–H groups in total. The van der Waals surface area contributed by atoms with Gasteiger partial charge in [0, 0.05) is 11.5 Å². The Bertz CT molecular complexity index is 656. The molecule has 1 heterocycles. The minimum Gasteiger partial charge on any atom is -0.334 e. The summed E-state index contributed by atoms with van der Waals surface area (Å²) >= 11 is 0. The van der Waals surface area contributed by atoms with Crippen molar-refractivity contribution in [2.75, 3.05) is 0 Å². The lowest BCUT2D eigenvalue weighted by Gasteiger charge is -2.04. The average Bonchev–Trinajstić information content (AvgIpc) is 3.17. The van der Waals surface area contributed by atoms with Gasteiger partial charge in [-0.05, 0) is 36.8 Å². The van der Waals surface area contributed by atoms with Crippen LogP contribution in [0.15, 0.2) is 28.8 Å². The van der Waals surface area contributed by atoms with Crippen molar-refractivity contribution in [3.05, 3.63) is 35.7 Å². The molecule has 4 nitrogen and oxygen atoms in total. The molecule has 0 saturated heterocycles. The number of nitrogens with zero attached hydrogens (tertiary/aromatic N) is 3. The fraction of sp³-hybridized carbons (Fsp3) is 0.471. The van der Waals surface area contributed by atoms with Crippen LogP contribution >= 0.6 is 0 Å². The SMILES string of the molecule is CCC1CCC(c2noc(-c3ccccc3CC#N)n2)C1. The summed E-state index contributed by atoms with van der Waals surface area (Å²) in [5, 5.41) is 13.1. The maximum Gasteiger partial charge on any atom is 0.258 e. The van der Waals surface area contributed by atoms with E-state index in [1.54, 1.807) is 0 Å². The van der Waals surface area contributed by atoms with E-state index in [-0.39, 0.29) is 0 Å². The molecule has 1 aromatic heterocycles. The van der Waals surface area contributed by atoms with Crippen LogP contribution < -0.4 is 0 Å². The molecular formula is C17H19N3O. The monoisotopic (exact) mass is 281 g/mol. The molecule has 108 valence electrons. The summed E-state index contributed by atoms with van der Waals surface area (Å²) < 4.78 is 5.45. The number of hydrogen-bond acceptors (Lipinski definition) is 4. The van der Waals surface area contributed by atoms with Crippen LogP contribution in [0.2, 0.25) is 0 Å². The molecule has 1 aromatic carbocycles. The Morgan fingerprint density at radius 3 is 2.95 bits per heavy atom. The van der Waals surface area contributed by atoms with Crippen molar-refractivity contribution in [1.82, 2.24) is 10.1 Å². The highest BCUT2D eigenvalue weighted by Gasteiger charge is 2.28. The summed E-state index contributed by atoms with van der Waals surface area (Å²) in [7, 11) is 0. The van der Waals surface area contributed by atoms with E-state index in [2.05, 4.69) is 23.1 Å². The molecule has 0 amide bonds. The van der Waals surface area contributed by atoms with Crippen molar-refractivity contribution in [2.45, 2.75) is 44.9 Å². The Morgan fingerprint density at radius 2 is 2.19 bits per heavy atom. The molecule has 1 fully saturated rings. The first-order valence-electron chi connectivity index (χ1n) is 7.60. The zero-order valence-electron chi connectivity index (χ0n) is 12.2. The normalized spacial score (nSPS) is 21.3. The number of rotatable bonds is 4. The highest BCUT2D eigenvalue weighted by molar-refractivity contribution is 5.59. The van der Waals surface area contributed by atoms with Crippen LogP contribution in [-0.4, -0.2) is 10.1 Å². The number of hydrogen-bond donors (Lipinski definition) is 0. The van der Waals surface area contributed by atoms with Crippen LogP contribution in [0.5, 0.6) is 0 Å². The number of nitriles is 1. The van der Waals surface area contributed by atoms with Crippen LogP contribution in [0.3, 0.4) is 0 Å². The minimum absolute atomic E-state index is 0.356. The maximum atomic E-state index is 8.91. The Hall–Kier alpha value is -2.15. The fourth-order valence-corrected chi connectivity index (χ4v) is 3.16. The highest BCUT2D eigenvalue weighted by Crippen LogP contribution is 2.39. The summed E-state index contributed by atoms with van der Waals surface area (Å²) in [5.74, 6) is 2.59. The lowest BCUT2D eigenvalue weighted by atomic mass is 10.0. The van der Waals surface area contributed by atoms with Crippen molar-refractivity contribution >= 4 is 0 Å². The van der Waals surface area contributed by atoms with Gasteiger partial charge in [-0.25, -0.2) is 0 Å². The smallest absolute Gasteiger partial charge is 0.258 e. The molecule has 1 aliphatic carbocycles. The van der Waals surface area contributed by atoms with Gasteiger partial charge in [0.25, 0.3) is 5.89 Å². The van der Waals surface area contributed by atoms with E-state index in [0.717, 1.165) is 35.7 Å². The van der Waals surface area contributed by atoms with Crippen molar-refractivity contribution in [2.24, 2.45) is 5.92 Å². The number of benzene rings is 1. The van der Waals surface area contributed by atoms with Crippen molar-refractivity contribution in [3.63, 3.8) is 0 Å². The Morgan fingerprint density at radius 1 is 1.33 bits per heavy atom. The van der Waals surface area contributed by atoms with Crippen LogP contribution in [0.4, 0.5) is 0 Å². The lowest BCUT2D eigenvalue weighted by molar-refractivity contribution is 0.413. The van der Waals surface area contributed by atoms with Crippen LogP contribution in [0.25, 0.3) is 11.5 Å². The van der Waals surface area contributed by atoms with E-state index in [1.807, 2.05) is 24.3 Å². The van der Waals surface area contributed by atoms with Crippen LogP contribution in [0.1, 0.15) is 49.9 Å². The first-order chi connectivity index (χ1) is 10.3. The van der Waals surface area contributed by atoms with Crippen molar-refractivity contribution < 1.29 is 4.52 Å². The summed E-state index contributed by atoms with van der Waals surface area (Å²) in [5.41, 5.74) is 1.82. The van der Waals surface area contributed by atoms with Gasteiger partial charge in [0.1, 0.15) is 0 Å². The number of aromatic nitrogens is 2. The minimum atomic E-state index is 0.356. The van der Waals surface area contributed by atoms with Crippen LogP contribution in [-0.2, 0) is 6.42 Å². The van der Waals surface area contributed by atoms with E-state index in [4.69, 9.17) is 9.78 Å². The predicted octanol–water partition coefficient (Wildman–Crippen LogP) is 4.10. The molecule has 0 bridgehead atoms. The molecule has 2 aromatic rings. The molecule has 3 rings (SSSR count). The first kappa shape index (κ1) is 13.8. The zero-order valence-corrected chi connectivity index (χ0v) is 12.2. The second-order valence-corrected chi connectivity index (χ2v) is 5.73. The molecule has 21 heavy (non-hydrogen) atoms. The quantitative estimate of drug-likeness (QED) is 0.846. The van der Waals surface area contributed by atoms with E-state index in [1.165, 1.54) is 12.8 Å². The summed E-state index contributed by atoms with van der Waals surface area (Å²) in [6.07, 6.45) is 5.16. The van der Waals surface area contributed by atoms with E-state index in [0.29, 0.717) is 18.2 Å². The van der Waals surface area contributed by atoms with Crippen LogP contribution in [0, 0.1) is 17.2 Å². The fourth-order valence-electron chi connectivity index (χ4n) is 3.16. The topological polar surface area (TPSA) is 62.7 Å². The maximum absolute atomic E-state index is 8.91. The summed E-state index contributed by atoms with van der Waals surface area (Å²) in [6, 6.07) is 9.91. The largest absolute Gasteiger partial charge is 0.334 e. The van der Waals surface area contributed by atoms with E-state index >= 15 is 0 Å². The third-order valence-corrected chi connectivity index (χ3v) is 4.44. The third kappa shape index (κ3) is 2.82. The molecule has 1 saturated carbocycles. The van der Waals surface area contributed by atoms with E-state index in [9.17, 15) is 0 Å². The molecule has 2 atom stereocenters. The van der Waals surface area contributed by atoms with Gasteiger partial charge in [0.15, 0.2) is 5.82 Å². The Kier molecular flexibility index (Phi) is 4.01. The average molecular weight is 281 g/mol. The predicted molar refractivity (Wildman–Crippen MR) is 79.4 cm³/mol. The van der Waals surface area contributed by atoms with Crippen molar-refractivity contribution in [3.8, 4) is 17.5 Å². The molecule has 0 radical (unpaired) electrons. The Balaban J connectivity index is 1.84. The first-order valence-corrected chi connectivity index (χ1v) is 7.60. The molecular weight excluding hydrogens is 262 g/mol. The lowest BCUT2D eigenvalue weighted by Crippen LogP contribution is -1.97. The molecule has 0 spiro atoms. The molecule has 4 heteroatoms. The zero-order chi connectivity index (χ0) is 14.7. The Labute approximate surface area is 124 Å². The van der Waals surface area contributed by atoms with Gasteiger partial charge >= 0.3 is 0 Å². The molecule has 2 unspecified atom stereocenters. The molecule has 1 aliphatic rings. The highest BCUT2D eigenvalue weighted by atomic mass is 16.5. The van der Waals surface area contributed by atoms with Crippen molar-refractivity contribution in [1.29, 1.82) is 5.26 Å². The van der Waals surface area contributed by atoms with Gasteiger partial charge in [-0.3, -0.25) is 0 Å². The van der Waals surface area contributed by atoms with Gasteiger partial charge in [-0.1, -0.05) is 36.7 Å². The second-order valence-electron chi connectivity index (χ2n) is 5.73. The van der Waals surface area contributed by atoms with Gasteiger partial charge < -0.3 is 4.52 Å². The summed E-state index contributed by atoms with van der Waals surface area (Å²) in [6.45, 7) is 2.24. The van der Waals surface area contributed by atoms with Gasteiger partial charge in [-0.15, -0.1) is 0 Å².